The number of benzene rings is 2. The van der Waals surface area contributed by atoms with Crippen molar-refractivity contribution in [3.63, 3.8) is 0 Å². The van der Waals surface area contributed by atoms with Crippen LogP contribution in [0.2, 0.25) is 0 Å². The number of methoxy groups -OCH3 is 1. The quantitative estimate of drug-likeness (QED) is 0.498. The van der Waals surface area contributed by atoms with E-state index in [1.807, 2.05) is 0 Å². The number of aromatic amines is 1. The molecule has 4 rings (SSSR count). The summed E-state index contributed by atoms with van der Waals surface area (Å²) in [4.78, 5) is 14.3. The maximum Gasteiger partial charge on any atom is 0.322 e. The number of aliphatic hydroxyl groups excluding tert-OH is 1. The van der Waals surface area contributed by atoms with Gasteiger partial charge in [0.2, 0.25) is 0 Å². The van der Waals surface area contributed by atoms with Crippen molar-refractivity contribution in [3.8, 4) is 16.9 Å². The topological polar surface area (TPSA) is 116 Å². The molecule has 2 aromatic carbocycles. The van der Waals surface area contributed by atoms with Crippen molar-refractivity contribution >= 4 is 17.5 Å². The Morgan fingerprint density at radius 1 is 1.32 bits per heavy atom. The van der Waals surface area contributed by atoms with Gasteiger partial charge in [-0.3, -0.25) is 10.00 Å². The number of anilines is 2. The zero-order chi connectivity index (χ0) is 22.1. The van der Waals surface area contributed by atoms with Crippen molar-refractivity contribution in [1.29, 1.82) is 0 Å². The molecular formula is C21H21F2N5O3. The molecule has 0 bridgehead atoms. The van der Waals surface area contributed by atoms with Gasteiger partial charge in [-0.05, 0) is 41.8 Å². The number of hydrogen-bond acceptors (Lipinski definition) is 5. The number of carbonyl (C=O) groups is 1. The van der Waals surface area contributed by atoms with Crippen molar-refractivity contribution in [2.45, 2.75) is 12.5 Å². The van der Waals surface area contributed by atoms with E-state index in [1.165, 1.54) is 42.5 Å². The Morgan fingerprint density at radius 2 is 2.13 bits per heavy atom. The Morgan fingerprint density at radius 3 is 2.81 bits per heavy atom. The highest BCUT2D eigenvalue weighted by molar-refractivity contribution is 5.95. The number of carbonyl (C=O) groups excluding carboxylic acids is 1. The van der Waals surface area contributed by atoms with E-state index in [9.17, 15) is 18.7 Å². The normalized spacial score (nSPS) is 13.7. The predicted octanol–water partition coefficient (Wildman–Crippen LogP) is 2.75. The average molecular weight is 429 g/mol. The first-order valence-corrected chi connectivity index (χ1v) is 9.56. The number of hydrogen-bond donors (Lipinski definition) is 4. The summed E-state index contributed by atoms with van der Waals surface area (Å²) in [6, 6.07) is 5.48. The molecule has 1 aliphatic heterocycles. The van der Waals surface area contributed by atoms with Gasteiger partial charge in [-0.15, -0.1) is 0 Å². The van der Waals surface area contributed by atoms with E-state index in [2.05, 4.69) is 15.5 Å². The molecule has 5 N–H and O–H groups in total. The lowest BCUT2D eigenvalue weighted by Crippen LogP contribution is -2.42. The van der Waals surface area contributed by atoms with Gasteiger partial charge >= 0.3 is 6.03 Å². The molecule has 2 amide bonds. The van der Waals surface area contributed by atoms with Gasteiger partial charge in [0.05, 0.1) is 31.6 Å². The minimum atomic E-state index is -0.865. The van der Waals surface area contributed by atoms with E-state index in [0.717, 1.165) is 5.56 Å². The lowest BCUT2D eigenvalue weighted by Gasteiger charge is -2.23. The number of nitrogen functional groups attached to an aromatic ring is 1. The molecule has 1 aliphatic rings. The molecule has 10 heteroatoms. The third kappa shape index (κ3) is 3.89. The number of rotatable bonds is 5. The number of amides is 2. The van der Waals surface area contributed by atoms with Crippen LogP contribution in [-0.4, -0.2) is 41.6 Å². The van der Waals surface area contributed by atoms with Crippen molar-refractivity contribution in [2.75, 3.05) is 30.9 Å². The number of H-pyrrole nitrogens is 1. The standard InChI is InChI=1S/C21H21F2N5O3/c1-31-14-5-12(4-13(22)7-14)18(10-29)26-21(30)28-3-2-11-6-15(17(23)8-19(11)28)16-9-25-27-20(16)24/h4-9,18,29H,2-3,10H2,1H3,(H,26,30)(H3,24,25,27). The summed E-state index contributed by atoms with van der Waals surface area (Å²) in [5.74, 6) is -0.577. The first kappa shape index (κ1) is 20.6. The molecule has 31 heavy (non-hydrogen) atoms. The first-order valence-electron chi connectivity index (χ1n) is 9.56. The van der Waals surface area contributed by atoms with Crippen LogP contribution in [0.3, 0.4) is 0 Å². The van der Waals surface area contributed by atoms with Crippen LogP contribution in [0.25, 0.3) is 11.1 Å². The third-order valence-electron chi connectivity index (χ3n) is 5.28. The molecule has 1 aromatic heterocycles. The Labute approximate surface area is 176 Å². The summed E-state index contributed by atoms with van der Waals surface area (Å²) in [6.45, 7) is -0.123. The van der Waals surface area contributed by atoms with Gasteiger partial charge in [0.25, 0.3) is 0 Å². The number of nitrogens with two attached hydrogens (primary N) is 1. The monoisotopic (exact) mass is 429 g/mol. The van der Waals surface area contributed by atoms with Crippen LogP contribution >= 0.6 is 0 Å². The van der Waals surface area contributed by atoms with Gasteiger partial charge < -0.3 is 20.9 Å². The Balaban J connectivity index is 1.58. The fraction of sp³-hybridized carbons (Fsp3) is 0.238. The van der Waals surface area contributed by atoms with Crippen molar-refractivity contribution < 1.29 is 23.4 Å². The van der Waals surface area contributed by atoms with E-state index in [-0.39, 0.29) is 11.6 Å². The molecule has 0 spiro atoms. The van der Waals surface area contributed by atoms with Gasteiger partial charge in [0, 0.05) is 23.7 Å². The second kappa shape index (κ2) is 8.23. The molecular weight excluding hydrogens is 408 g/mol. The summed E-state index contributed by atoms with van der Waals surface area (Å²) < 4.78 is 33.7. The van der Waals surface area contributed by atoms with Crippen molar-refractivity contribution in [3.05, 3.63) is 59.3 Å². The fourth-order valence-electron chi connectivity index (χ4n) is 3.70. The van der Waals surface area contributed by atoms with Crippen LogP contribution in [0.15, 0.2) is 36.5 Å². The Kier molecular flexibility index (Phi) is 5.47. The summed E-state index contributed by atoms with van der Waals surface area (Å²) in [5.41, 5.74) is 8.10. The highest BCUT2D eigenvalue weighted by Gasteiger charge is 2.29. The van der Waals surface area contributed by atoms with Crippen LogP contribution in [0.1, 0.15) is 17.2 Å². The molecule has 0 fully saturated rings. The van der Waals surface area contributed by atoms with Gasteiger partial charge in [-0.1, -0.05) is 0 Å². The minimum absolute atomic E-state index is 0.253. The molecule has 1 unspecified atom stereocenters. The maximum atomic E-state index is 14.8. The molecule has 0 saturated carbocycles. The summed E-state index contributed by atoms with van der Waals surface area (Å²) in [6.07, 6.45) is 1.96. The maximum absolute atomic E-state index is 14.8. The highest BCUT2D eigenvalue weighted by atomic mass is 19.1. The molecule has 2 heterocycles. The van der Waals surface area contributed by atoms with Crippen LogP contribution in [0, 0.1) is 11.6 Å². The van der Waals surface area contributed by atoms with E-state index in [4.69, 9.17) is 10.5 Å². The molecule has 0 aliphatic carbocycles. The lowest BCUT2D eigenvalue weighted by atomic mass is 10.0. The molecule has 0 radical (unpaired) electrons. The van der Waals surface area contributed by atoms with Crippen LogP contribution in [0.5, 0.6) is 5.75 Å². The van der Waals surface area contributed by atoms with Crippen molar-refractivity contribution in [2.24, 2.45) is 0 Å². The molecule has 1 atom stereocenters. The fourth-order valence-corrected chi connectivity index (χ4v) is 3.70. The first-order chi connectivity index (χ1) is 14.9. The minimum Gasteiger partial charge on any atom is -0.497 e. The Bertz CT molecular complexity index is 1130. The SMILES string of the molecule is COc1cc(F)cc(C(CO)NC(=O)N2CCc3cc(-c4cn[nH]c4N)c(F)cc32)c1. The second-order valence-corrected chi connectivity index (χ2v) is 7.17. The number of aliphatic hydroxyl groups is 1. The van der Waals surface area contributed by atoms with Gasteiger partial charge in [0.15, 0.2) is 0 Å². The van der Waals surface area contributed by atoms with Crippen molar-refractivity contribution in [1.82, 2.24) is 15.5 Å². The van der Waals surface area contributed by atoms with E-state index < -0.39 is 30.3 Å². The highest BCUT2D eigenvalue weighted by Crippen LogP contribution is 2.36. The number of halogens is 2. The van der Waals surface area contributed by atoms with E-state index >= 15 is 0 Å². The van der Waals surface area contributed by atoms with Crippen LogP contribution in [-0.2, 0) is 6.42 Å². The predicted molar refractivity (Wildman–Crippen MR) is 111 cm³/mol. The zero-order valence-corrected chi connectivity index (χ0v) is 16.7. The number of fused-ring (bicyclic) bond motifs is 1. The third-order valence-corrected chi connectivity index (χ3v) is 5.28. The lowest BCUT2D eigenvalue weighted by molar-refractivity contribution is 0.221. The number of nitrogens with zero attached hydrogens (tertiary/aromatic N) is 2. The molecule has 162 valence electrons. The van der Waals surface area contributed by atoms with Gasteiger partial charge in [0.1, 0.15) is 23.2 Å². The number of urea groups is 1. The molecule has 0 saturated heterocycles. The van der Waals surface area contributed by atoms with E-state index in [0.29, 0.717) is 35.3 Å². The summed E-state index contributed by atoms with van der Waals surface area (Å²) in [5, 5.41) is 18.8. The van der Waals surface area contributed by atoms with Crippen LogP contribution < -0.4 is 20.7 Å². The van der Waals surface area contributed by atoms with Gasteiger partial charge in [-0.25, -0.2) is 13.6 Å². The molecule has 3 aromatic rings. The number of ether oxygens (including phenoxy) is 1. The summed E-state index contributed by atoms with van der Waals surface area (Å²) in [7, 11) is 1.40. The average Bonchev–Trinajstić information content (AvgIpc) is 3.36. The smallest absolute Gasteiger partial charge is 0.322 e. The Hall–Kier alpha value is -3.66. The van der Waals surface area contributed by atoms with Crippen LogP contribution in [0.4, 0.5) is 25.1 Å². The second-order valence-electron chi connectivity index (χ2n) is 7.17. The number of nitrogens with one attached hydrogen (secondary N) is 2. The zero-order valence-electron chi connectivity index (χ0n) is 16.7. The molecule has 8 nitrogen and oxygen atoms in total. The largest absolute Gasteiger partial charge is 0.497 e. The van der Waals surface area contributed by atoms with E-state index in [1.54, 1.807) is 6.07 Å². The van der Waals surface area contributed by atoms with Gasteiger partial charge in [-0.2, -0.15) is 5.10 Å². The number of aromatic nitrogens is 2. The summed E-state index contributed by atoms with van der Waals surface area (Å²) >= 11 is 0.